The number of rotatable bonds is 9. The molecule has 4 rings (SSSR count). The molecule has 178 valence electrons. The summed E-state index contributed by atoms with van der Waals surface area (Å²) in [5, 5.41) is 3.89. The highest BCUT2D eigenvalue weighted by Gasteiger charge is 2.28. The quantitative estimate of drug-likeness (QED) is 0.369. The highest BCUT2D eigenvalue weighted by Crippen LogP contribution is 2.34. The van der Waals surface area contributed by atoms with Gasteiger partial charge in [-0.15, -0.1) is 0 Å². The molecule has 0 saturated heterocycles. The first-order valence-electron chi connectivity index (χ1n) is 12.3. The van der Waals surface area contributed by atoms with E-state index in [1.807, 2.05) is 25.1 Å². The summed E-state index contributed by atoms with van der Waals surface area (Å²) in [7, 11) is 4.43. The van der Waals surface area contributed by atoms with Crippen molar-refractivity contribution >= 4 is 11.9 Å². The number of nitrogens with zero attached hydrogens (tertiary/aromatic N) is 3. The maximum absolute atomic E-state index is 12.6. The zero-order valence-electron chi connectivity index (χ0n) is 20.5. The summed E-state index contributed by atoms with van der Waals surface area (Å²) in [5.41, 5.74) is 3.10. The minimum atomic E-state index is -0.214. The number of hydrogen-bond donors (Lipinski definition) is 0. The predicted octanol–water partition coefficient (Wildman–Crippen LogP) is 5.99. The van der Waals surface area contributed by atoms with Gasteiger partial charge in [-0.2, -0.15) is 4.98 Å². The van der Waals surface area contributed by atoms with Crippen LogP contribution in [-0.2, 0) is 6.42 Å². The zero-order chi connectivity index (χ0) is 23.9. The van der Waals surface area contributed by atoms with Crippen LogP contribution >= 0.6 is 0 Å². The van der Waals surface area contributed by atoms with E-state index in [9.17, 15) is 4.79 Å². The fourth-order valence-corrected chi connectivity index (χ4v) is 5.04. The molecule has 5 heteroatoms. The second-order valence-corrected chi connectivity index (χ2v) is 9.74. The van der Waals surface area contributed by atoms with Crippen LogP contribution in [0.5, 0.6) is 0 Å². The minimum absolute atomic E-state index is 0.111. The first-order valence-corrected chi connectivity index (χ1v) is 12.3. The zero-order valence-corrected chi connectivity index (χ0v) is 20.5. The molecule has 34 heavy (non-hydrogen) atoms. The lowest BCUT2D eigenvalue weighted by molar-refractivity contribution is 0.102. The monoisotopic (exact) mass is 457 g/mol. The normalized spacial score (nSPS) is 19.5. The molecule has 0 bridgehead atoms. The topological polar surface area (TPSA) is 59.2 Å². The number of carbonyl (C=O) groups is 1. The van der Waals surface area contributed by atoms with Gasteiger partial charge in [-0.3, -0.25) is 4.79 Å². The molecular weight excluding hydrogens is 422 g/mol. The molecular formula is C29H35N3O2. The number of aromatic nitrogens is 2. The van der Waals surface area contributed by atoms with E-state index < -0.39 is 0 Å². The van der Waals surface area contributed by atoms with E-state index in [2.05, 4.69) is 65.5 Å². The fourth-order valence-electron chi connectivity index (χ4n) is 5.04. The molecule has 0 spiro atoms. The molecule has 2 aromatic carbocycles. The molecule has 1 aliphatic rings. The Kier molecular flexibility index (Phi) is 8.07. The van der Waals surface area contributed by atoms with Crippen molar-refractivity contribution in [1.82, 2.24) is 15.0 Å². The summed E-state index contributed by atoms with van der Waals surface area (Å²) in [6.45, 7) is 1.99. The molecule has 0 N–H and O–H groups in total. The van der Waals surface area contributed by atoms with Crippen LogP contribution in [0.1, 0.15) is 65.3 Å². The van der Waals surface area contributed by atoms with Gasteiger partial charge in [0.2, 0.25) is 11.6 Å². The molecule has 1 atom stereocenters. The van der Waals surface area contributed by atoms with Crippen LogP contribution in [0.25, 0.3) is 6.08 Å². The maximum Gasteiger partial charge on any atom is 0.250 e. The SMILES string of the molecule is Cc1ccc(C(=O)c2noc(C=CC3CCC(C(CCc4ccccc4)N(C)C)CC3)n2)cc1. The van der Waals surface area contributed by atoms with Crippen molar-refractivity contribution in [3.63, 3.8) is 0 Å². The molecule has 0 aliphatic heterocycles. The van der Waals surface area contributed by atoms with E-state index >= 15 is 0 Å². The number of hydrogen-bond acceptors (Lipinski definition) is 5. The van der Waals surface area contributed by atoms with Gasteiger partial charge in [-0.05, 0) is 83.0 Å². The van der Waals surface area contributed by atoms with Gasteiger partial charge in [-0.1, -0.05) is 71.4 Å². The maximum atomic E-state index is 12.6. The number of benzene rings is 2. The lowest BCUT2D eigenvalue weighted by atomic mass is 9.76. The third kappa shape index (κ3) is 6.29. The van der Waals surface area contributed by atoms with Crippen LogP contribution < -0.4 is 0 Å². The predicted molar refractivity (Wildman–Crippen MR) is 136 cm³/mol. The van der Waals surface area contributed by atoms with Crippen molar-refractivity contribution in [2.45, 2.75) is 51.5 Å². The molecule has 1 fully saturated rings. The third-order valence-corrected chi connectivity index (χ3v) is 7.07. The Morgan fingerprint density at radius 1 is 1.06 bits per heavy atom. The van der Waals surface area contributed by atoms with Gasteiger partial charge in [-0.25, -0.2) is 0 Å². The van der Waals surface area contributed by atoms with E-state index in [4.69, 9.17) is 4.52 Å². The molecule has 1 heterocycles. The lowest BCUT2D eigenvalue weighted by Gasteiger charge is -2.37. The van der Waals surface area contributed by atoms with Gasteiger partial charge in [0.1, 0.15) is 0 Å². The Labute approximate surface area is 202 Å². The number of aryl methyl sites for hydroxylation is 2. The van der Waals surface area contributed by atoms with Crippen molar-refractivity contribution in [1.29, 1.82) is 0 Å². The van der Waals surface area contributed by atoms with Crippen molar-refractivity contribution < 1.29 is 9.32 Å². The largest absolute Gasteiger partial charge is 0.334 e. The molecule has 1 aliphatic carbocycles. The summed E-state index contributed by atoms with van der Waals surface area (Å²) in [6, 6.07) is 18.8. The second-order valence-electron chi connectivity index (χ2n) is 9.74. The third-order valence-electron chi connectivity index (χ3n) is 7.07. The minimum Gasteiger partial charge on any atom is -0.334 e. The standard InChI is InChI=1S/C29H35N3O2/c1-21-9-15-25(16-10-21)28(33)29-30-27(34-31-29)20-14-23-11-17-24(18-12-23)26(32(2)3)19-13-22-7-5-4-6-8-22/h4-10,14-16,20,23-24,26H,11-13,17-19H2,1-3H3. The van der Waals surface area contributed by atoms with Gasteiger partial charge < -0.3 is 9.42 Å². The number of carbonyl (C=O) groups excluding carboxylic acids is 1. The van der Waals surface area contributed by atoms with Gasteiger partial charge in [0.05, 0.1) is 0 Å². The fraction of sp³-hybridized carbons (Fsp3) is 0.414. The van der Waals surface area contributed by atoms with Crippen molar-refractivity contribution in [3.8, 4) is 0 Å². The summed E-state index contributed by atoms with van der Waals surface area (Å²) >= 11 is 0. The Morgan fingerprint density at radius 3 is 2.44 bits per heavy atom. The van der Waals surface area contributed by atoms with Crippen LogP contribution in [-0.4, -0.2) is 41.0 Å². The molecule has 3 aromatic rings. The summed E-state index contributed by atoms with van der Waals surface area (Å²) in [4.78, 5) is 19.3. The van der Waals surface area contributed by atoms with E-state index in [1.165, 1.54) is 37.7 Å². The Balaban J connectivity index is 1.29. The molecule has 0 amide bonds. The molecule has 0 radical (unpaired) electrons. The first-order chi connectivity index (χ1) is 16.5. The highest BCUT2D eigenvalue weighted by atomic mass is 16.5. The van der Waals surface area contributed by atoms with E-state index in [0.717, 1.165) is 17.9 Å². The van der Waals surface area contributed by atoms with Crippen LogP contribution in [0, 0.1) is 18.8 Å². The van der Waals surface area contributed by atoms with E-state index in [0.29, 0.717) is 23.4 Å². The van der Waals surface area contributed by atoms with Crippen LogP contribution in [0.3, 0.4) is 0 Å². The van der Waals surface area contributed by atoms with Crippen molar-refractivity contribution in [2.75, 3.05) is 14.1 Å². The first kappa shape index (κ1) is 24.1. The molecule has 1 saturated carbocycles. The Morgan fingerprint density at radius 2 is 1.76 bits per heavy atom. The highest BCUT2D eigenvalue weighted by molar-refractivity contribution is 6.06. The number of ketones is 1. The van der Waals surface area contributed by atoms with Gasteiger partial charge in [0, 0.05) is 11.6 Å². The van der Waals surface area contributed by atoms with Gasteiger partial charge in [0.25, 0.3) is 5.89 Å². The van der Waals surface area contributed by atoms with E-state index in [1.54, 1.807) is 12.1 Å². The van der Waals surface area contributed by atoms with Gasteiger partial charge in [0.15, 0.2) is 0 Å². The van der Waals surface area contributed by atoms with Crippen molar-refractivity contribution in [2.24, 2.45) is 11.8 Å². The molecule has 5 nitrogen and oxygen atoms in total. The molecule has 1 aromatic heterocycles. The lowest BCUT2D eigenvalue weighted by Crippen LogP contribution is -2.37. The molecule has 1 unspecified atom stereocenters. The second kappa shape index (κ2) is 11.4. The average Bonchev–Trinajstić information content (AvgIpc) is 3.33. The summed E-state index contributed by atoms with van der Waals surface area (Å²) in [6.07, 6.45) is 11.2. The summed E-state index contributed by atoms with van der Waals surface area (Å²) < 4.78 is 5.31. The van der Waals surface area contributed by atoms with E-state index in [-0.39, 0.29) is 11.6 Å². The number of allylic oxidation sites excluding steroid dienone is 1. The van der Waals surface area contributed by atoms with Crippen LogP contribution in [0.4, 0.5) is 0 Å². The van der Waals surface area contributed by atoms with Crippen LogP contribution in [0.2, 0.25) is 0 Å². The smallest absolute Gasteiger partial charge is 0.250 e. The van der Waals surface area contributed by atoms with Crippen molar-refractivity contribution in [3.05, 3.63) is 89.1 Å². The summed E-state index contributed by atoms with van der Waals surface area (Å²) in [5.74, 6) is 1.53. The average molecular weight is 458 g/mol. The van der Waals surface area contributed by atoms with Crippen LogP contribution in [0.15, 0.2) is 65.2 Å². The van der Waals surface area contributed by atoms with Gasteiger partial charge >= 0.3 is 0 Å². The Bertz CT molecular complexity index is 1080. The Hall–Kier alpha value is -3.05.